The van der Waals surface area contributed by atoms with E-state index < -0.39 is 23.9 Å². The number of alkyl halides is 3. The van der Waals surface area contributed by atoms with Crippen molar-refractivity contribution in [3.8, 4) is 6.07 Å². The summed E-state index contributed by atoms with van der Waals surface area (Å²) in [7, 11) is 0. The van der Waals surface area contributed by atoms with Crippen LogP contribution in [-0.4, -0.2) is 6.18 Å². The van der Waals surface area contributed by atoms with Gasteiger partial charge in [-0.15, -0.1) is 0 Å². The Morgan fingerprint density at radius 1 is 1.47 bits per heavy atom. The summed E-state index contributed by atoms with van der Waals surface area (Å²) in [6.07, 6.45) is -1.15. The minimum Gasteiger partial charge on any atom is -0.198 e. The molecule has 0 bridgehead atoms. The number of halogens is 3. The topological polar surface area (TPSA) is 23.8 Å². The number of hydrogen-bond donors (Lipinski definition) is 0. The van der Waals surface area contributed by atoms with E-state index in [0.29, 0.717) is 19.3 Å². The van der Waals surface area contributed by atoms with Crippen molar-refractivity contribution in [1.29, 1.82) is 5.26 Å². The van der Waals surface area contributed by atoms with Gasteiger partial charge in [0, 0.05) is 6.42 Å². The van der Waals surface area contributed by atoms with Crippen LogP contribution in [0.2, 0.25) is 0 Å². The quantitative estimate of drug-likeness (QED) is 0.709. The van der Waals surface area contributed by atoms with E-state index in [9.17, 15) is 13.2 Å². The van der Waals surface area contributed by atoms with Gasteiger partial charge < -0.3 is 0 Å². The van der Waals surface area contributed by atoms with E-state index in [2.05, 4.69) is 6.92 Å². The maximum atomic E-state index is 12.7. The summed E-state index contributed by atoms with van der Waals surface area (Å²) in [6.45, 7) is 3.56. The number of nitriles is 1. The van der Waals surface area contributed by atoms with Crippen molar-refractivity contribution in [1.82, 2.24) is 0 Å². The molecule has 3 atom stereocenters. The first-order valence-electron chi connectivity index (χ1n) is 5.07. The lowest BCUT2D eigenvalue weighted by molar-refractivity contribution is -0.193. The van der Waals surface area contributed by atoms with Crippen LogP contribution in [0.1, 0.15) is 25.7 Å². The highest BCUT2D eigenvalue weighted by atomic mass is 19.4. The van der Waals surface area contributed by atoms with Crippen molar-refractivity contribution in [3.05, 3.63) is 13.3 Å². The van der Waals surface area contributed by atoms with Crippen LogP contribution >= 0.6 is 0 Å². The minimum absolute atomic E-state index is 0.192. The number of nitrogens with zero attached hydrogens (tertiary/aromatic N) is 1. The summed E-state index contributed by atoms with van der Waals surface area (Å²) in [6, 6.07) is 1.90. The maximum absolute atomic E-state index is 12.7. The third-order valence-electron chi connectivity index (χ3n) is 3.05. The number of rotatable bonds is 3. The van der Waals surface area contributed by atoms with Gasteiger partial charge in [0.05, 0.1) is 12.0 Å². The van der Waals surface area contributed by atoms with E-state index in [1.807, 2.05) is 6.07 Å². The third-order valence-corrected chi connectivity index (χ3v) is 3.05. The van der Waals surface area contributed by atoms with E-state index in [0.717, 1.165) is 0 Å². The molecule has 0 heterocycles. The van der Waals surface area contributed by atoms with Crippen LogP contribution in [0.3, 0.4) is 0 Å². The molecule has 3 unspecified atom stereocenters. The lowest BCUT2D eigenvalue weighted by Crippen LogP contribution is -2.31. The van der Waals surface area contributed by atoms with Crippen molar-refractivity contribution in [3.63, 3.8) is 0 Å². The first-order valence-corrected chi connectivity index (χ1v) is 5.07. The van der Waals surface area contributed by atoms with E-state index in [1.54, 1.807) is 6.42 Å². The van der Waals surface area contributed by atoms with Gasteiger partial charge in [-0.1, -0.05) is 6.92 Å². The molecule has 1 saturated carbocycles. The molecule has 1 nitrogen and oxygen atoms in total. The smallest absolute Gasteiger partial charge is 0.198 e. The van der Waals surface area contributed by atoms with Crippen LogP contribution in [0.15, 0.2) is 0 Å². The van der Waals surface area contributed by atoms with Gasteiger partial charge in [0.2, 0.25) is 0 Å². The Kier molecular flexibility index (Phi) is 4.01. The Balaban J connectivity index is 2.69. The fraction of sp³-hybridized carbons (Fsp3) is 0.727. The molecule has 1 aliphatic rings. The molecule has 0 spiro atoms. The van der Waals surface area contributed by atoms with E-state index >= 15 is 0 Å². The maximum Gasteiger partial charge on any atom is 0.392 e. The van der Waals surface area contributed by atoms with Gasteiger partial charge in [-0.2, -0.15) is 18.4 Å². The average Bonchev–Trinajstić information content (AvgIpc) is 2.56. The van der Waals surface area contributed by atoms with Crippen LogP contribution in [-0.2, 0) is 0 Å². The summed E-state index contributed by atoms with van der Waals surface area (Å²) in [5, 5.41) is 8.38. The molecule has 0 aromatic rings. The zero-order valence-electron chi connectivity index (χ0n) is 8.43. The fourth-order valence-corrected chi connectivity index (χ4v) is 2.33. The van der Waals surface area contributed by atoms with Crippen LogP contribution in [0.4, 0.5) is 13.2 Å². The van der Waals surface area contributed by atoms with E-state index in [-0.39, 0.29) is 6.42 Å². The van der Waals surface area contributed by atoms with Crippen molar-refractivity contribution in [2.75, 3.05) is 0 Å². The second-order valence-electron chi connectivity index (χ2n) is 3.95. The Labute approximate surface area is 88.3 Å². The largest absolute Gasteiger partial charge is 0.392 e. The Morgan fingerprint density at radius 3 is 2.60 bits per heavy atom. The summed E-state index contributed by atoms with van der Waals surface area (Å²) in [5.74, 6) is -2.17. The summed E-state index contributed by atoms with van der Waals surface area (Å²) in [5.41, 5.74) is 0. The number of hydrogen-bond acceptors (Lipinski definition) is 1. The second-order valence-corrected chi connectivity index (χ2v) is 3.95. The second kappa shape index (κ2) is 4.87. The fourth-order valence-electron chi connectivity index (χ4n) is 2.33. The minimum atomic E-state index is -4.16. The summed E-state index contributed by atoms with van der Waals surface area (Å²) >= 11 is 0. The Hall–Kier alpha value is -0.720. The van der Waals surface area contributed by atoms with Crippen LogP contribution in [0.5, 0.6) is 0 Å². The van der Waals surface area contributed by atoms with Gasteiger partial charge in [-0.25, -0.2) is 0 Å². The molecule has 0 saturated heterocycles. The molecular formula is C11H14F3N. The predicted octanol–water partition coefficient (Wildman–Crippen LogP) is 3.53. The van der Waals surface area contributed by atoms with Crippen LogP contribution in [0, 0.1) is 42.4 Å². The molecule has 0 amide bonds. The van der Waals surface area contributed by atoms with Crippen molar-refractivity contribution in [2.24, 2.45) is 17.8 Å². The van der Waals surface area contributed by atoms with Crippen molar-refractivity contribution < 1.29 is 13.2 Å². The summed E-state index contributed by atoms with van der Waals surface area (Å²) < 4.78 is 38.2. The molecule has 0 aromatic heterocycles. The SMILES string of the molecule is [CH2]CC1C[CH]C(CCC#N)C1C(F)(F)F. The predicted molar refractivity (Wildman–Crippen MR) is 50.3 cm³/mol. The zero-order valence-corrected chi connectivity index (χ0v) is 8.43. The van der Waals surface area contributed by atoms with Gasteiger partial charge in [0.1, 0.15) is 0 Å². The highest BCUT2D eigenvalue weighted by molar-refractivity contribution is 4.99. The molecule has 4 heteroatoms. The average molecular weight is 217 g/mol. The van der Waals surface area contributed by atoms with Gasteiger partial charge in [0.15, 0.2) is 0 Å². The molecule has 2 radical (unpaired) electrons. The highest BCUT2D eigenvalue weighted by Crippen LogP contribution is 2.48. The highest BCUT2D eigenvalue weighted by Gasteiger charge is 2.51. The monoisotopic (exact) mass is 217 g/mol. The van der Waals surface area contributed by atoms with Gasteiger partial charge in [-0.3, -0.25) is 0 Å². The molecule has 1 fully saturated rings. The van der Waals surface area contributed by atoms with Crippen molar-refractivity contribution in [2.45, 2.75) is 31.9 Å². The van der Waals surface area contributed by atoms with E-state index in [4.69, 9.17) is 5.26 Å². The molecule has 0 aliphatic heterocycles. The molecule has 84 valence electrons. The standard InChI is InChI=1S/C11H14F3N/c1-2-8-5-6-9(4-3-7-15)10(8)11(12,13)14/h6,8-10H,1-5H2. The van der Waals surface area contributed by atoms with Crippen LogP contribution in [0.25, 0.3) is 0 Å². The Morgan fingerprint density at radius 2 is 2.13 bits per heavy atom. The first-order chi connectivity index (χ1) is 7.00. The first kappa shape index (κ1) is 12.4. The van der Waals surface area contributed by atoms with Crippen molar-refractivity contribution >= 4 is 0 Å². The van der Waals surface area contributed by atoms with E-state index in [1.165, 1.54) is 0 Å². The van der Waals surface area contributed by atoms with Gasteiger partial charge in [0.25, 0.3) is 0 Å². The lowest BCUT2D eigenvalue weighted by atomic mass is 9.85. The molecule has 0 N–H and O–H groups in total. The molecule has 15 heavy (non-hydrogen) atoms. The Bertz CT molecular complexity index is 241. The molecule has 0 aromatic carbocycles. The lowest BCUT2D eigenvalue weighted by Gasteiger charge is -2.26. The third kappa shape index (κ3) is 2.87. The van der Waals surface area contributed by atoms with Crippen LogP contribution < -0.4 is 0 Å². The molecule has 1 rings (SSSR count). The van der Waals surface area contributed by atoms with Gasteiger partial charge >= 0.3 is 6.18 Å². The summed E-state index contributed by atoms with van der Waals surface area (Å²) in [4.78, 5) is 0. The zero-order chi connectivity index (χ0) is 11.5. The molecular weight excluding hydrogens is 203 g/mol. The molecule has 1 aliphatic carbocycles. The van der Waals surface area contributed by atoms with Gasteiger partial charge in [-0.05, 0) is 37.5 Å². The normalized spacial score (nSPS) is 31.5.